The van der Waals surface area contributed by atoms with Gasteiger partial charge >= 0.3 is 0 Å². The van der Waals surface area contributed by atoms with Crippen LogP contribution in [0.25, 0.3) is 5.52 Å². The summed E-state index contributed by atoms with van der Waals surface area (Å²) in [6.07, 6.45) is 2.25. The zero-order valence-electron chi connectivity index (χ0n) is 20.5. The Bertz CT molecular complexity index is 1380. The summed E-state index contributed by atoms with van der Waals surface area (Å²) in [7, 11) is 0. The van der Waals surface area contributed by atoms with Crippen molar-refractivity contribution >= 4 is 28.7 Å². The van der Waals surface area contributed by atoms with Crippen molar-refractivity contribution in [1.82, 2.24) is 4.40 Å². The van der Waals surface area contributed by atoms with E-state index < -0.39 is 5.41 Å². The SMILES string of the molecule is CC(C)c1ccn2c(C(=O)c3ccc(Cl)cc3)c(CC(C)(C)CO)c(C(=O)c3ccccc3)c2c1. The van der Waals surface area contributed by atoms with Crippen LogP contribution in [0.3, 0.4) is 0 Å². The Morgan fingerprint density at radius 2 is 1.57 bits per heavy atom. The Kier molecular flexibility index (Phi) is 6.98. The second-order valence-electron chi connectivity index (χ2n) is 10.1. The lowest BCUT2D eigenvalue weighted by atomic mass is 9.83. The summed E-state index contributed by atoms with van der Waals surface area (Å²) >= 11 is 6.07. The zero-order chi connectivity index (χ0) is 25.3. The molecule has 4 aromatic rings. The number of aliphatic hydroxyl groups is 1. The molecule has 0 fully saturated rings. The molecule has 35 heavy (non-hydrogen) atoms. The average Bonchev–Trinajstić information content (AvgIpc) is 3.16. The number of ketones is 2. The van der Waals surface area contributed by atoms with Crippen LogP contribution < -0.4 is 0 Å². The Morgan fingerprint density at radius 1 is 0.943 bits per heavy atom. The largest absolute Gasteiger partial charge is 0.396 e. The summed E-state index contributed by atoms with van der Waals surface area (Å²) in [4.78, 5) is 27.9. The number of hydrogen-bond donors (Lipinski definition) is 1. The number of pyridine rings is 1. The summed E-state index contributed by atoms with van der Waals surface area (Å²) in [5.41, 5.74) is 3.90. The molecule has 0 aliphatic rings. The maximum atomic E-state index is 13.9. The molecule has 0 saturated heterocycles. The van der Waals surface area contributed by atoms with Crippen LogP contribution in [0.4, 0.5) is 0 Å². The predicted molar refractivity (Wildman–Crippen MR) is 141 cm³/mol. The summed E-state index contributed by atoms with van der Waals surface area (Å²) in [6, 6.07) is 19.9. The third-order valence-corrected chi connectivity index (χ3v) is 6.65. The molecular weight excluding hydrogens is 458 g/mol. The van der Waals surface area contributed by atoms with Crippen molar-refractivity contribution in [3.05, 3.63) is 111 Å². The lowest BCUT2D eigenvalue weighted by Gasteiger charge is -2.22. The molecule has 0 atom stereocenters. The quantitative estimate of drug-likeness (QED) is 0.280. The standard InChI is InChI=1S/C30H30ClNO3/c1-19(2)22-14-15-32-25(16-22)26(28(34)20-8-6-5-7-9-20)24(17-30(3,4)18-33)27(32)29(35)21-10-12-23(31)13-11-21/h5-16,19,33H,17-18H2,1-4H3. The summed E-state index contributed by atoms with van der Waals surface area (Å²) in [6.45, 7) is 7.99. The number of halogens is 1. The summed E-state index contributed by atoms with van der Waals surface area (Å²) < 4.78 is 1.84. The maximum Gasteiger partial charge on any atom is 0.210 e. The van der Waals surface area contributed by atoms with Gasteiger partial charge in [-0.15, -0.1) is 0 Å². The van der Waals surface area contributed by atoms with Crippen molar-refractivity contribution in [3.8, 4) is 0 Å². The fourth-order valence-electron chi connectivity index (χ4n) is 4.36. The fourth-order valence-corrected chi connectivity index (χ4v) is 4.49. The first-order valence-electron chi connectivity index (χ1n) is 11.8. The molecule has 0 saturated carbocycles. The van der Waals surface area contributed by atoms with Crippen LogP contribution in [0, 0.1) is 5.41 Å². The molecule has 2 aromatic carbocycles. The molecule has 0 bridgehead atoms. The molecular formula is C30H30ClNO3. The van der Waals surface area contributed by atoms with Gasteiger partial charge in [0.25, 0.3) is 0 Å². The van der Waals surface area contributed by atoms with Gasteiger partial charge in [-0.2, -0.15) is 0 Å². The van der Waals surface area contributed by atoms with E-state index in [4.69, 9.17) is 11.6 Å². The first-order valence-corrected chi connectivity index (χ1v) is 12.2. The predicted octanol–water partition coefficient (Wildman–Crippen LogP) is 6.74. The molecule has 0 aliphatic heterocycles. The Morgan fingerprint density at radius 3 is 2.17 bits per heavy atom. The van der Waals surface area contributed by atoms with Crippen LogP contribution >= 0.6 is 11.6 Å². The van der Waals surface area contributed by atoms with E-state index in [9.17, 15) is 14.7 Å². The van der Waals surface area contributed by atoms with E-state index in [1.807, 2.05) is 54.8 Å². The second kappa shape index (κ2) is 9.80. The van der Waals surface area contributed by atoms with Crippen LogP contribution in [0.1, 0.15) is 76.7 Å². The topological polar surface area (TPSA) is 58.8 Å². The fraction of sp³-hybridized carbons (Fsp3) is 0.267. The van der Waals surface area contributed by atoms with E-state index in [1.54, 1.807) is 36.4 Å². The first kappa shape index (κ1) is 24.9. The highest BCUT2D eigenvalue weighted by Gasteiger charge is 2.32. The lowest BCUT2D eigenvalue weighted by molar-refractivity contribution is 0.103. The molecule has 0 unspecified atom stereocenters. The monoisotopic (exact) mass is 487 g/mol. The molecule has 5 heteroatoms. The zero-order valence-corrected chi connectivity index (χ0v) is 21.3. The summed E-state index contributed by atoms with van der Waals surface area (Å²) in [5, 5.41) is 10.6. The molecule has 4 nitrogen and oxygen atoms in total. The number of carbonyl (C=O) groups excluding carboxylic acids is 2. The van der Waals surface area contributed by atoms with E-state index in [2.05, 4.69) is 13.8 Å². The number of rotatable bonds is 8. The van der Waals surface area contributed by atoms with Crippen molar-refractivity contribution in [2.45, 2.75) is 40.0 Å². The highest BCUT2D eigenvalue weighted by Crippen LogP contribution is 2.35. The van der Waals surface area contributed by atoms with Gasteiger partial charge in [0.2, 0.25) is 5.78 Å². The van der Waals surface area contributed by atoms with Crippen LogP contribution in [-0.2, 0) is 6.42 Å². The van der Waals surface area contributed by atoms with Crippen LogP contribution in [0.2, 0.25) is 5.02 Å². The maximum absolute atomic E-state index is 13.9. The van der Waals surface area contributed by atoms with Crippen molar-refractivity contribution in [3.63, 3.8) is 0 Å². The number of benzene rings is 2. The van der Waals surface area contributed by atoms with Gasteiger partial charge in [-0.25, -0.2) is 0 Å². The van der Waals surface area contributed by atoms with E-state index >= 15 is 0 Å². The Hall–Kier alpha value is -3.21. The molecule has 0 amide bonds. The average molecular weight is 488 g/mol. The van der Waals surface area contributed by atoms with Crippen molar-refractivity contribution in [2.75, 3.05) is 6.61 Å². The molecule has 4 rings (SSSR count). The Labute approximate surface area is 211 Å². The van der Waals surface area contributed by atoms with Gasteiger partial charge < -0.3 is 9.51 Å². The van der Waals surface area contributed by atoms with Crippen molar-refractivity contribution in [1.29, 1.82) is 0 Å². The summed E-state index contributed by atoms with van der Waals surface area (Å²) in [5.74, 6) is -0.0740. The number of nitrogens with zero attached hydrogens (tertiary/aromatic N) is 1. The van der Waals surface area contributed by atoms with Gasteiger partial charge in [0.1, 0.15) is 0 Å². The number of carbonyl (C=O) groups is 2. The highest BCUT2D eigenvalue weighted by atomic mass is 35.5. The second-order valence-corrected chi connectivity index (χ2v) is 10.5. The van der Waals surface area contributed by atoms with E-state index in [-0.39, 0.29) is 24.1 Å². The number of aromatic nitrogens is 1. The molecule has 180 valence electrons. The van der Waals surface area contributed by atoms with E-state index in [0.29, 0.717) is 44.9 Å². The molecule has 0 radical (unpaired) electrons. The molecule has 2 aromatic heterocycles. The van der Waals surface area contributed by atoms with Crippen LogP contribution in [-0.4, -0.2) is 27.7 Å². The van der Waals surface area contributed by atoms with Gasteiger partial charge in [-0.1, -0.05) is 69.6 Å². The normalized spacial score (nSPS) is 11.9. The first-order chi connectivity index (χ1) is 16.6. The number of fused-ring (bicyclic) bond motifs is 1. The third-order valence-electron chi connectivity index (χ3n) is 6.40. The van der Waals surface area contributed by atoms with E-state index in [0.717, 1.165) is 5.56 Å². The Balaban J connectivity index is 2.07. The number of hydrogen-bond acceptors (Lipinski definition) is 3. The van der Waals surface area contributed by atoms with Gasteiger partial charge in [0.15, 0.2) is 5.78 Å². The third kappa shape index (κ3) is 4.95. The molecule has 1 N–H and O–H groups in total. The van der Waals surface area contributed by atoms with Crippen LogP contribution in [0.5, 0.6) is 0 Å². The van der Waals surface area contributed by atoms with Gasteiger partial charge in [0.05, 0.1) is 16.8 Å². The minimum Gasteiger partial charge on any atom is -0.396 e. The van der Waals surface area contributed by atoms with Crippen LogP contribution in [0.15, 0.2) is 72.9 Å². The van der Waals surface area contributed by atoms with E-state index in [1.165, 1.54) is 0 Å². The van der Waals surface area contributed by atoms with Gasteiger partial charge in [0, 0.05) is 29.0 Å². The minimum absolute atomic E-state index is 0.0794. The number of aliphatic hydroxyl groups excluding tert-OH is 1. The lowest BCUT2D eigenvalue weighted by Crippen LogP contribution is -2.22. The van der Waals surface area contributed by atoms with Gasteiger partial charge in [-0.3, -0.25) is 9.59 Å². The molecule has 0 aliphatic carbocycles. The van der Waals surface area contributed by atoms with Gasteiger partial charge in [-0.05, 0) is 65.3 Å². The molecule has 2 heterocycles. The minimum atomic E-state index is -0.535. The van der Waals surface area contributed by atoms with Crippen molar-refractivity contribution < 1.29 is 14.7 Å². The smallest absolute Gasteiger partial charge is 0.210 e. The van der Waals surface area contributed by atoms with Crippen molar-refractivity contribution in [2.24, 2.45) is 5.41 Å². The highest BCUT2D eigenvalue weighted by molar-refractivity contribution is 6.30. The molecule has 0 spiro atoms.